The van der Waals surface area contributed by atoms with E-state index >= 15 is 0 Å². The largest absolute Gasteiger partial charge is 0.379 e. The van der Waals surface area contributed by atoms with Gasteiger partial charge in [-0.3, -0.25) is 9.69 Å². The van der Waals surface area contributed by atoms with Crippen LogP contribution in [0.1, 0.15) is 24.2 Å². The van der Waals surface area contributed by atoms with Crippen LogP contribution in [-0.4, -0.2) is 63.9 Å². The zero-order chi connectivity index (χ0) is 16.9. The molecule has 1 N–H and O–H groups in total. The van der Waals surface area contributed by atoms with E-state index in [1.807, 2.05) is 0 Å². The van der Waals surface area contributed by atoms with Gasteiger partial charge in [0.2, 0.25) is 0 Å². The number of nitrogens with zero attached hydrogens (tertiary/aromatic N) is 1. The van der Waals surface area contributed by atoms with Gasteiger partial charge in [0.15, 0.2) is 9.84 Å². The summed E-state index contributed by atoms with van der Waals surface area (Å²) in [6, 6.07) is 6.09. The van der Waals surface area contributed by atoms with Crippen molar-refractivity contribution in [3.8, 4) is 0 Å². The molecule has 1 aromatic rings. The van der Waals surface area contributed by atoms with Gasteiger partial charge in [0, 0.05) is 31.7 Å². The van der Waals surface area contributed by atoms with Crippen LogP contribution in [0.5, 0.6) is 0 Å². The van der Waals surface area contributed by atoms with Gasteiger partial charge in [-0.25, -0.2) is 8.42 Å². The Morgan fingerprint density at radius 2 is 1.83 bits per heavy atom. The topological polar surface area (TPSA) is 75.7 Å². The van der Waals surface area contributed by atoms with Crippen molar-refractivity contribution in [1.82, 2.24) is 10.2 Å². The molecule has 0 spiro atoms. The Kier molecular flexibility index (Phi) is 6.15. The fourth-order valence-corrected chi connectivity index (χ4v) is 3.38. The predicted octanol–water partition coefficient (Wildman–Crippen LogP) is 0.931. The van der Waals surface area contributed by atoms with Crippen molar-refractivity contribution >= 4 is 15.7 Å². The van der Waals surface area contributed by atoms with E-state index < -0.39 is 15.1 Å². The number of carbonyl (C=O) groups excluding carboxylic acids is 1. The molecule has 0 saturated carbocycles. The molecule has 23 heavy (non-hydrogen) atoms. The molecule has 0 atom stereocenters. The van der Waals surface area contributed by atoms with E-state index in [1.165, 1.54) is 12.1 Å². The van der Waals surface area contributed by atoms with E-state index in [9.17, 15) is 13.2 Å². The Morgan fingerprint density at radius 1 is 1.22 bits per heavy atom. The summed E-state index contributed by atoms with van der Waals surface area (Å²) in [5.74, 6) is -0.188. The van der Waals surface area contributed by atoms with Crippen LogP contribution in [-0.2, 0) is 14.6 Å². The second kappa shape index (κ2) is 7.90. The van der Waals surface area contributed by atoms with E-state index in [0.29, 0.717) is 12.1 Å². The van der Waals surface area contributed by atoms with Gasteiger partial charge >= 0.3 is 0 Å². The van der Waals surface area contributed by atoms with Crippen LogP contribution in [0.25, 0.3) is 0 Å². The summed E-state index contributed by atoms with van der Waals surface area (Å²) in [6.45, 7) is 7.87. The van der Waals surface area contributed by atoms with E-state index in [0.717, 1.165) is 32.8 Å². The first-order valence-corrected chi connectivity index (χ1v) is 9.38. The first kappa shape index (κ1) is 17.9. The molecule has 0 aliphatic carbocycles. The standard InChI is InChI=1S/C16H24N2O4S/c1-13(2)23(20,21)15-5-3-14(4-6-15)16(19)17-7-8-18-9-11-22-12-10-18/h3-6,13H,7-12H2,1-2H3,(H,17,19). The normalized spacial score (nSPS) is 16.5. The highest BCUT2D eigenvalue weighted by atomic mass is 32.2. The molecule has 0 aromatic heterocycles. The van der Waals surface area contributed by atoms with Gasteiger partial charge in [0.1, 0.15) is 0 Å². The highest BCUT2D eigenvalue weighted by Crippen LogP contribution is 2.16. The number of amides is 1. The van der Waals surface area contributed by atoms with Gasteiger partial charge in [-0.05, 0) is 38.1 Å². The molecule has 1 heterocycles. The molecule has 0 bridgehead atoms. The average molecular weight is 340 g/mol. The second-order valence-electron chi connectivity index (χ2n) is 5.83. The Bertz CT molecular complexity index is 620. The Labute approximate surface area is 137 Å². The average Bonchev–Trinajstić information content (AvgIpc) is 2.55. The van der Waals surface area contributed by atoms with Crippen molar-refractivity contribution in [2.75, 3.05) is 39.4 Å². The zero-order valence-electron chi connectivity index (χ0n) is 13.6. The monoisotopic (exact) mass is 340 g/mol. The van der Waals surface area contributed by atoms with Crippen molar-refractivity contribution in [1.29, 1.82) is 0 Å². The number of hydrogen-bond acceptors (Lipinski definition) is 5. The highest BCUT2D eigenvalue weighted by molar-refractivity contribution is 7.92. The quantitative estimate of drug-likeness (QED) is 0.834. The summed E-state index contributed by atoms with van der Waals surface area (Å²) in [4.78, 5) is 14.6. The maximum absolute atomic E-state index is 12.1. The molecule has 1 aromatic carbocycles. The molecule has 128 valence electrons. The SMILES string of the molecule is CC(C)S(=O)(=O)c1ccc(C(=O)NCCN2CCOCC2)cc1. The number of hydrogen-bond donors (Lipinski definition) is 1. The first-order valence-electron chi connectivity index (χ1n) is 7.83. The van der Waals surface area contributed by atoms with E-state index in [1.54, 1.807) is 26.0 Å². The summed E-state index contributed by atoms with van der Waals surface area (Å²) >= 11 is 0. The Morgan fingerprint density at radius 3 is 2.39 bits per heavy atom. The molecule has 1 aliphatic rings. The van der Waals surface area contributed by atoms with Crippen LogP contribution in [0.3, 0.4) is 0 Å². The molecule has 2 rings (SSSR count). The summed E-state index contributed by atoms with van der Waals surface area (Å²) in [7, 11) is -3.30. The maximum atomic E-state index is 12.1. The molecule has 0 radical (unpaired) electrons. The van der Waals surface area contributed by atoms with Gasteiger partial charge in [0.25, 0.3) is 5.91 Å². The zero-order valence-corrected chi connectivity index (χ0v) is 14.4. The lowest BCUT2D eigenvalue weighted by atomic mass is 10.2. The van der Waals surface area contributed by atoms with Crippen LogP contribution < -0.4 is 5.32 Å². The number of rotatable bonds is 6. The molecule has 6 nitrogen and oxygen atoms in total. The molecular weight excluding hydrogens is 316 g/mol. The van der Waals surface area contributed by atoms with E-state index in [-0.39, 0.29) is 10.8 Å². The smallest absolute Gasteiger partial charge is 0.251 e. The molecule has 7 heteroatoms. The molecule has 1 amide bonds. The number of sulfone groups is 1. The summed E-state index contributed by atoms with van der Waals surface area (Å²) in [5.41, 5.74) is 0.467. The first-order chi connectivity index (χ1) is 10.9. The number of morpholine rings is 1. The van der Waals surface area contributed by atoms with E-state index in [2.05, 4.69) is 10.2 Å². The van der Waals surface area contributed by atoms with Crippen LogP contribution in [0.15, 0.2) is 29.2 Å². The minimum atomic E-state index is -3.30. The van der Waals surface area contributed by atoms with Crippen LogP contribution >= 0.6 is 0 Å². The predicted molar refractivity (Wildman–Crippen MR) is 88.4 cm³/mol. The van der Waals surface area contributed by atoms with Gasteiger partial charge < -0.3 is 10.1 Å². The highest BCUT2D eigenvalue weighted by Gasteiger charge is 2.19. The lowest BCUT2D eigenvalue weighted by Gasteiger charge is -2.26. The summed E-state index contributed by atoms with van der Waals surface area (Å²) < 4.78 is 29.4. The lowest BCUT2D eigenvalue weighted by Crippen LogP contribution is -2.41. The van der Waals surface area contributed by atoms with Gasteiger partial charge in [-0.2, -0.15) is 0 Å². The molecule has 1 saturated heterocycles. The molecule has 1 aliphatic heterocycles. The maximum Gasteiger partial charge on any atom is 0.251 e. The molecular formula is C16H24N2O4S. The van der Waals surface area contributed by atoms with Gasteiger partial charge in [-0.1, -0.05) is 0 Å². The summed E-state index contributed by atoms with van der Waals surface area (Å²) in [6.07, 6.45) is 0. The lowest BCUT2D eigenvalue weighted by molar-refractivity contribution is 0.0383. The van der Waals surface area contributed by atoms with Crippen molar-refractivity contribution in [3.63, 3.8) is 0 Å². The summed E-state index contributed by atoms with van der Waals surface area (Å²) in [5, 5.41) is 2.38. The minimum Gasteiger partial charge on any atom is -0.379 e. The van der Waals surface area contributed by atoms with Gasteiger partial charge in [-0.15, -0.1) is 0 Å². The van der Waals surface area contributed by atoms with E-state index in [4.69, 9.17) is 4.74 Å². The van der Waals surface area contributed by atoms with Crippen LogP contribution in [0.2, 0.25) is 0 Å². The van der Waals surface area contributed by atoms with Crippen LogP contribution in [0.4, 0.5) is 0 Å². The molecule has 1 fully saturated rings. The fourth-order valence-electron chi connectivity index (χ4n) is 2.32. The van der Waals surface area contributed by atoms with Crippen molar-refractivity contribution in [2.45, 2.75) is 24.0 Å². The number of ether oxygens (including phenoxy) is 1. The third kappa shape index (κ3) is 4.76. The number of carbonyl (C=O) groups is 1. The van der Waals surface area contributed by atoms with Crippen molar-refractivity contribution in [3.05, 3.63) is 29.8 Å². The number of benzene rings is 1. The Hall–Kier alpha value is -1.44. The fraction of sp³-hybridized carbons (Fsp3) is 0.562. The third-order valence-electron chi connectivity index (χ3n) is 3.88. The third-order valence-corrected chi connectivity index (χ3v) is 6.05. The van der Waals surface area contributed by atoms with Gasteiger partial charge in [0.05, 0.1) is 23.4 Å². The van der Waals surface area contributed by atoms with Crippen LogP contribution in [0, 0.1) is 0 Å². The molecule has 0 unspecified atom stereocenters. The van der Waals surface area contributed by atoms with Crippen molar-refractivity contribution < 1.29 is 17.9 Å². The van der Waals surface area contributed by atoms with Crippen molar-refractivity contribution in [2.24, 2.45) is 0 Å². The minimum absolute atomic E-state index is 0.188. The second-order valence-corrected chi connectivity index (χ2v) is 8.33. The number of nitrogens with one attached hydrogen (secondary N) is 1. The Balaban J connectivity index is 1.87.